The molecule has 0 aromatic heterocycles. The summed E-state index contributed by atoms with van der Waals surface area (Å²) in [6, 6.07) is 9.21. The fraction of sp³-hybridized carbons (Fsp3) is 0.529. The molecule has 2 atom stereocenters. The lowest BCUT2D eigenvalue weighted by molar-refractivity contribution is -0.133. The SMILES string of the molecule is CCC[C@@]1(c2ccccc2)NC(=O)N(C[C@H]2CCCO2)C1=O. The van der Waals surface area contributed by atoms with Crippen LogP contribution in [-0.4, -0.2) is 36.1 Å². The van der Waals surface area contributed by atoms with E-state index in [0.717, 1.165) is 24.8 Å². The number of rotatable bonds is 5. The van der Waals surface area contributed by atoms with Crippen LogP contribution in [-0.2, 0) is 15.1 Å². The number of nitrogens with zero attached hydrogens (tertiary/aromatic N) is 1. The van der Waals surface area contributed by atoms with Crippen molar-refractivity contribution >= 4 is 11.9 Å². The molecule has 0 unspecified atom stereocenters. The lowest BCUT2D eigenvalue weighted by atomic mass is 9.85. The Bertz CT molecular complexity index is 554. The van der Waals surface area contributed by atoms with E-state index < -0.39 is 5.54 Å². The second-order valence-corrected chi connectivity index (χ2v) is 6.00. The van der Waals surface area contributed by atoms with Crippen LogP contribution in [0.3, 0.4) is 0 Å². The van der Waals surface area contributed by atoms with Crippen LogP contribution in [0.4, 0.5) is 4.79 Å². The minimum Gasteiger partial charge on any atom is -0.376 e. The number of imide groups is 1. The molecule has 2 heterocycles. The Morgan fingerprint density at radius 2 is 2.09 bits per heavy atom. The third-order valence-electron chi connectivity index (χ3n) is 4.48. The largest absolute Gasteiger partial charge is 0.376 e. The number of benzene rings is 1. The monoisotopic (exact) mass is 302 g/mol. The van der Waals surface area contributed by atoms with Gasteiger partial charge in [0.15, 0.2) is 0 Å². The number of nitrogens with one attached hydrogen (secondary N) is 1. The van der Waals surface area contributed by atoms with Crippen molar-refractivity contribution in [3.8, 4) is 0 Å². The van der Waals surface area contributed by atoms with E-state index in [0.29, 0.717) is 19.6 Å². The van der Waals surface area contributed by atoms with E-state index in [1.165, 1.54) is 4.90 Å². The third-order valence-corrected chi connectivity index (χ3v) is 4.48. The zero-order valence-electron chi connectivity index (χ0n) is 12.9. The fourth-order valence-electron chi connectivity index (χ4n) is 3.39. The molecule has 0 bridgehead atoms. The van der Waals surface area contributed by atoms with Gasteiger partial charge in [-0.15, -0.1) is 0 Å². The van der Waals surface area contributed by atoms with E-state index in [4.69, 9.17) is 4.74 Å². The smallest absolute Gasteiger partial charge is 0.325 e. The molecule has 2 saturated heterocycles. The highest BCUT2D eigenvalue weighted by molar-refractivity contribution is 6.07. The van der Waals surface area contributed by atoms with Crippen molar-refractivity contribution in [3.05, 3.63) is 35.9 Å². The molecule has 0 saturated carbocycles. The van der Waals surface area contributed by atoms with Crippen LogP contribution in [0.25, 0.3) is 0 Å². The first-order valence-corrected chi connectivity index (χ1v) is 7.98. The van der Waals surface area contributed by atoms with Gasteiger partial charge in [0.1, 0.15) is 5.54 Å². The maximum Gasteiger partial charge on any atom is 0.325 e. The molecule has 1 aromatic carbocycles. The Kier molecular flexibility index (Phi) is 4.16. The number of amides is 3. The van der Waals surface area contributed by atoms with Gasteiger partial charge in [0.2, 0.25) is 0 Å². The van der Waals surface area contributed by atoms with Crippen molar-refractivity contribution in [1.29, 1.82) is 0 Å². The van der Waals surface area contributed by atoms with Gasteiger partial charge in [-0.05, 0) is 24.8 Å². The van der Waals surface area contributed by atoms with Gasteiger partial charge in [0, 0.05) is 6.61 Å². The summed E-state index contributed by atoms with van der Waals surface area (Å²) in [5, 5.41) is 2.94. The number of urea groups is 1. The molecule has 2 aliphatic heterocycles. The van der Waals surface area contributed by atoms with Crippen LogP contribution < -0.4 is 5.32 Å². The summed E-state index contributed by atoms with van der Waals surface area (Å²) in [4.78, 5) is 26.7. The number of hydrogen-bond acceptors (Lipinski definition) is 3. The molecular formula is C17H22N2O3. The van der Waals surface area contributed by atoms with Crippen LogP contribution in [0.15, 0.2) is 30.3 Å². The normalized spacial score (nSPS) is 28.2. The van der Waals surface area contributed by atoms with E-state index in [1.807, 2.05) is 37.3 Å². The molecule has 5 heteroatoms. The van der Waals surface area contributed by atoms with Crippen molar-refractivity contribution in [2.45, 2.75) is 44.2 Å². The Labute approximate surface area is 130 Å². The Morgan fingerprint density at radius 3 is 2.73 bits per heavy atom. The highest BCUT2D eigenvalue weighted by Gasteiger charge is 2.52. The van der Waals surface area contributed by atoms with Crippen LogP contribution >= 0.6 is 0 Å². The summed E-state index contributed by atoms with van der Waals surface area (Å²) in [7, 11) is 0. The quantitative estimate of drug-likeness (QED) is 0.850. The van der Waals surface area contributed by atoms with E-state index in [1.54, 1.807) is 0 Å². The molecule has 22 heavy (non-hydrogen) atoms. The second kappa shape index (κ2) is 6.08. The van der Waals surface area contributed by atoms with Crippen LogP contribution in [0.2, 0.25) is 0 Å². The number of carbonyl (C=O) groups is 2. The van der Waals surface area contributed by atoms with Crippen molar-refractivity contribution in [1.82, 2.24) is 10.2 Å². The molecular weight excluding hydrogens is 280 g/mol. The summed E-state index contributed by atoms with van der Waals surface area (Å²) in [6.07, 6.45) is 3.29. The lowest BCUT2D eigenvalue weighted by Gasteiger charge is -2.27. The second-order valence-electron chi connectivity index (χ2n) is 6.00. The van der Waals surface area contributed by atoms with E-state index in [2.05, 4.69) is 5.32 Å². The fourth-order valence-corrected chi connectivity index (χ4v) is 3.39. The number of hydrogen-bond donors (Lipinski definition) is 1. The molecule has 118 valence electrons. The molecule has 3 amide bonds. The van der Waals surface area contributed by atoms with Gasteiger partial charge in [-0.25, -0.2) is 4.79 Å². The first-order chi connectivity index (χ1) is 10.7. The first kappa shape index (κ1) is 15.0. The average Bonchev–Trinajstić information content (AvgIpc) is 3.12. The Hall–Kier alpha value is -1.88. The summed E-state index contributed by atoms with van der Waals surface area (Å²) in [6.45, 7) is 3.09. The molecule has 5 nitrogen and oxygen atoms in total. The van der Waals surface area contributed by atoms with Crippen LogP contribution in [0, 0.1) is 0 Å². The standard InChI is InChI=1S/C17H22N2O3/c1-2-10-17(13-7-4-3-5-8-13)15(20)19(16(21)18-17)12-14-9-6-11-22-14/h3-5,7-8,14H,2,6,9-12H2,1H3,(H,18,21)/t14-,17+/m1/s1. The van der Waals surface area contributed by atoms with Crippen molar-refractivity contribution in [2.75, 3.05) is 13.2 Å². The van der Waals surface area contributed by atoms with Gasteiger partial charge in [-0.2, -0.15) is 0 Å². The molecule has 2 fully saturated rings. The first-order valence-electron chi connectivity index (χ1n) is 7.98. The van der Waals surface area contributed by atoms with Gasteiger partial charge in [0.05, 0.1) is 12.6 Å². The van der Waals surface area contributed by atoms with Crippen LogP contribution in [0.1, 0.15) is 38.2 Å². The maximum absolute atomic E-state index is 13.0. The number of carbonyl (C=O) groups excluding carboxylic acids is 2. The molecule has 1 N–H and O–H groups in total. The third kappa shape index (κ3) is 2.50. The summed E-state index contributed by atoms with van der Waals surface area (Å²) in [5.74, 6) is -0.152. The average molecular weight is 302 g/mol. The summed E-state index contributed by atoms with van der Waals surface area (Å²) in [5.41, 5.74) is -0.0730. The molecule has 1 aromatic rings. The lowest BCUT2D eigenvalue weighted by Crippen LogP contribution is -2.44. The molecule has 0 aliphatic carbocycles. The van der Waals surface area contributed by atoms with Gasteiger partial charge >= 0.3 is 6.03 Å². The molecule has 3 rings (SSSR count). The maximum atomic E-state index is 13.0. The Morgan fingerprint density at radius 1 is 1.32 bits per heavy atom. The predicted octanol–water partition coefficient (Wildman–Crippen LogP) is 2.41. The Balaban J connectivity index is 1.88. The predicted molar refractivity (Wildman–Crippen MR) is 82.2 cm³/mol. The number of ether oxygens (including phenoxy) is 1. The summed E-state index contributed by atoms with van der Waals surface area (Å²) >= 11 is 0. The van der Waals surface area contributed by atoms with Gasteiger partial charge in [-0.1, -0.05) is 43.7 Å². The van der Waals surface area contributed by atoms with Gasteiger partial charge in [-0.3, -0.25) is 9.69 Å². The van der Waals surface area contributed by atoms with Gasteiger partial charge in [0.25, 0.3) is 5.91 Å². The van der Waals surface area contributed by atoms with Gasteiger partial charge < -0.3 is 10.1 Å². The van der Waals surface area contributed by atoms with E-state index in [-0.39, 0.29) is 18.0 Å². The molecule has 0 radical (unpaired) electrons. The minimum atomic E-state index is -0.925. The van der Waals surface area contributed by atoms with E-state index >= 15 is 0 Å². The topological polar surface area (TPSA) is 58.6 Å². The highest BCUT2D eigenvalue weighted by Crippen LogP contribution is 2.34. The zero-order chi connectivity index (χ0) is 15.6. The summed E-state index contributed by atoms with van der Waals surface area (Å²) < 4.78 is 5.57. The molecule has 0 spiro atoms. The molecule has 2 aliphatic rings. The van der Waals surface area contributed by atoms with E-state index in [9.17, 15) is 9.59 Å². The zero-order valence-corrected chi connectivity index (χ0v) is 12.9. The highest BCUT2D eigenvalue weighted by atomic mass is 16.5. The van der Waals surface area contributed by atoms with Crippen LogP contribution in [0.5, 0.6) is 0 Å². The van der Waals surface area contributed by atoms with Crippen molar-refractivity contribution in [3.63, 3.8) is 0 Å². The minimum absolute atomic E-state index is 0.0251. The van der Waals surface area contributed by atoms with Crippen molar-refractivity contribution in [2.24, 2.45) is 0 Å². The van der Waals surface area contributed by atoms with Crippen molar-refractivity contribution < 1.29 is 14.3 Å².